The predicted molar refractivity (Wildman–Crippen MR) is 151 cm³/mol. The van der Waals surface area contributed by atoms with E-state index in [0.717, 1.165) is 22.8 Å². The third-order valence-electron chi connectivity index (χ3n) is 6.19. The van der Waals surface area contributed by atoms with Crippen molar-refractivity contribution in [1.29, 1.82) is 0 Å². The summed E-state index contributed by atoms with van der Waals surface area (Å²) in [5, 5.41) is 5.05. The highest BCUT2D eigenvalue weighted by atomic mass is 19.1. The lowest BCUT2D eigenvalue weighted by molar-refractivity contribution is -0.147. The van der Waals surface area contributed by atoms with Crippen LogP contribution >= 0.6 is 0 Å². The maximum atomic E-state index is 14.5. The van der Waals surface area contributed by atoms with Gasteiger partial charge >= 0.3 is 12.1 Å². The van der Waals surface area contributed by atoms with Crippen LogP contribution in [-0.2, 0) is 33.9 Å². The second-order valence-corrected chi connectivity index (χ2v) is 9.16. The highest BCUT2D eigenvalue weighted by molar-refractivity contribution is 5.96. The minimum absolute atomic E-state index is 0.00977. The van der Waals surface area contributed by atoms with Gasteiger partial charge in [-0.15, -0.1) is 0 Å². The largest absolute Gasteiger partial charge is 0.459 e. The Bertz CT molecular complexity index is 1480. The van der Waals surface area contributed by atoms with E-state index in [1.165, 1.54) is 12.1 Å². The van der Waals surface area contributed by atoms with Crippen molar-refractivity contribution < 1.29 is 28.2 Å². The van der Waals surface area contributed by atoms with Crippen molar-refractivity contribution >= 4 is 18.0 Å². The summed E-state index contributed by atoms with van der Waals surface area (Å²) < 4.78 is 25.2. The zero-order valence-electron chi connectivity index (χ0n) is 22.5. The van der Waals surface area contributed by atoms with E-state index in [-0.39, 0.29) is 25.3 Å². The molecule has 0 saturated heterocycles. The number of aryl methyl sites for hydroxylation is 1. The van der Waals surface area contributed by atoms with Gasteiger partial charge in [0.15, 0.2) is 0 Å². The third-order valence-corrected chi connectivity index (χ3v) is 6.19. The molecule has 3 aromatic carbocycles. The zero-order valence-corrected chi connectivity index (χ0v) is 22.5. The van der Waals surface area contributed by atoms with E-state index in [9.17, 15) is 18.8 Å². The number of carbonyl (C=O) groups excluding carboxylic acids is 3. The Morgan fingerprint density at radius 3 is 2.17 bits per heavy atom. The molecule has 0 unspecified atom stereocenters. The Hall–Kier alpha value is -5.05. The Balaban J connectivity index is 1.45. The van der Waals surface area contributed by atoms with E-state index in [0.29, 0.717) is 17.7 Å². The molecule has 41 heavy (non-hydrogen) atoms. The Labute approximate surface area is 237 Å². The van der Waals surface area contributed by atoms with Gasteiger partial charge in [-0.1, -0.05) is 73.7 Å². The molecule has 4 aromatic rings. The van der Waals surface area contributed by atoms with Gasteiger partial charge in [-0.2, -0.15) is 0 Å². The lowest BCUT2D eigenvalue weighted by atomic mass is 10.0. The van der Waals surface area contributed by atoms with E-state index in [2.05, 4.69) is 15.6 Å². The molecule has 0 saturated carbocycles. The first kappa shape index (κ1) is 28.9. The van der Waals surface area contributed by atoms with Crippen molar-refractivity contribution in [3.63, 3.8) is 0 Å². The number of alkyl carbamates (subject to hydrolysis) is 1. The van der Waals surface area contributed by atoms with E-state index in [1.807, 2.05) is 49.4 Å². The number of rotatable bonds is 11. The zero-order chi connectivity index (χ0) is 29.0. The molecule has 2 N–H and O–H groups in total. The number of benzene rings is 3. The lowest BCUT2D eigenvalue weighted by Crippen LogP contribution is -2.49. The number of hydrogen-bond acceptors (Lipinski definition) is 6. The molecule has 8 nitrogen and oxygen atoms in total. The van der Waals surface area contributed by atoms with Crippen LogP contribution in [0.4, 0.5) is 9.18 Å². The predicted octanol–water partition coefficient (Wildman–Crippen LogP) is 5.22. The van der Waals surface area contributed by atoms with Crippen LogP contribution in [0.15, 0.2) is 97.2 Å². The van der Waals surface area contributed by atoms with Crippen molar-refractivity contribution in [2.45, 2.75) is 32.6 Å². The molecule has 1 heterocycles. The molecule has 0 spiro atoms. The number of pyridine rings is 1. The number of hydrogen-bond donors (Lipinski definition) is 2. The van der Waals surface area contributed by atoms with Crippen LogP contribution in [-0.4, -0.2) is 35.5 Å². The average Bonchev–Trinajstić information content (AvgIpc) is 3.01. The standard InChI is InChI=1S/C32H30FN3O5/c1-2-24-14-9-15-34-29(24)25-16-26(18-27(33)17-25)30(37)35-19-28(31(38)40-20-22-10-5-3-6-11-22)36-32(39)41-21-23-12-7-4-8-13-23/h3-18,28H,2,19-21H2,1H3,(H,35,37)(H,36,39)/t28-/m1/s1. The summed E-state index contributed by atoms with van der Waals surface area (Å²) in [5.41, 5.74) is 3.49. The van der Waals surface area contributed by atoms with Crippen LogP contribution in [0.5, 0.6) is 0 Å². The fourth-order valence-electron chi connectivity index (χ4n) is 4.07. The summed E-state index contributed by atoms with van der Waals surface area (Å²) in [6.45, 7) is 1.61. The first-order chi connectivity index (χ1) is 19.9. The fourth-order valence-corrected chi connectivity index (χ4v) is 4.07. The van der Waals surface area contributed by atoms with Crippen molar-refractivity contribution in [3.05, 3.63) is 125 Å². The maximum absolute atomic E-state index is 14.5. The second kappa shape index (κ2) is 14.4. The number of halogens is 1. The minimum atomic E-state index is -1.26. The number of ether oxygens (including phenoxy) is 2. The fraction of sp³-hybridized carbons (Fsp3) is 0.188. The van der Waals surface area contributed by atoms with Crippen molar-refractivity contribution in [3.8, 4) is 11.3 Å². The summed E-state index contributed by atoms with van der Waals surface area (Å²) in [4.78, 5) is 42.8. The molecule has 0 radical (unpaired) electrons. The Morgan fingerprint density at radius 1 is 0.854 bits per heavy atom. The molecule has 0 aliphatic carbocycles. The molecule has 1 aromatic heterocycles. The molecule has 0 aliphatic heterocycles. The highest BCUT2D eigenvalue weighted by Crippen LogP contribution is 2.24. The van der Waals surface area contributed by atoms with Crippen LogP contribution in [0.1, 0.15) is 34.0 Å². The summed E-state index contributed by atoms with van der Waals surface area (Å²) in [5.74, 6) is -2.02. The summed E-state index contributed by atoms with van der Waals surface area (Å²) >= 11 is 0. The normalized spacial score (nSPS) is 11.3. The molecular weight excluding hydrogens is 525 g/mol. The molecular formula is C32H30FN3O5. The SMILES string of the molecule is CCc1cccnc1-c1cc(F)cc(C(=O)NC[C@@H](NC(=O)OCc2ccccc2)C(=O)OCc2ccccc2)c1. The summed E-state index contributed by atoms with van der Waals surface area (Å²) in [7, 11) is 0. The average molecular weight is 556 g/mol. The molecule has 1 atom stereocenters. The molecule has 2 amide bonds. The third kappa shape index (κ3) is 8.47. The van der Waals surface area contributed by atoms with E-state index < -0.39 is 29.8 Å². The monoisotopic (exact) mass is 555 g/mol. The van der Waals surface area contributed by atoms with Gasteiger partial charge in [0.25, 0.3) is 5.91 Å². The maximum Gasteiger partial charge on any atom is 0.408 e. The molecule has 0 fully saturated rings. The summed E-state index contributed by atoms with van der Waals surface area (Å²) in [6, 6.07) is 24.4. The van der Waals surface area contributed by atoms with E-state index in [4.69, 9.17) is 9.47 Å². The molecule has 0 aliphatic rings. The number of nitrogens with zero attached hydrogens (tertiary/aromatic N) is 1. The van der Waals surface area contributed by atoms with Gasteiger partial charge in [-0.25, -0.2) is 14.0 Å². The van der Waals surface area contributed by atoms with Crippen molar-refractivity contribution in [2.24, 2.45) is 0 Å². The van der Waals surface area contributed by atoms with Gasteiger partial charge in [0.1, 0.15) is 25.1 Å². The Kier molecular flexibility index (Phi) is 10.1. The van der Waals surface area contributed by atoms with Crippen LogP contribution in [0.3, 0.4) is 0 Å². The topological polar surface area (TPSA) is 107 Å². The lowest BCUT2D eigenvalue weighted by Gasteiger charge is -2.18. The second-order valence-electron chi connectivity index (χ2n) is 9.16. The summed E-state index contributed by atoms with van der Waals surface area (Å²) in [6.07, 6.45) is 1.42. The van der Waals surface area contributed by atoms with Crippen LogP contribution in [0, 0.1) is 5.82 Å². The first-order valence-corrected chi connectivity index (χ1v) is 13.1. The highest BCUT2D eigenvalue weighted by Gasteiger charge is 2.25. The van der Waals surface area contributed by atoms with Crippen LogP contribution in [0.2, 0.25) is 0 Å². The van der Waals surface area contributed by atoms with Crippen LogP contribution in [0.25, 0.3) is 11.3 Å². The van der Waals surface area contributed by atoms with Gasteiger partial charge in [-0.05, 0) is 47.4 Å². The van der Waals surface area contributed by atoms with Gasteiger partial charge in [0.05, 0.1) is 5.69 Å². The van der Waals surface area contributed by atoms with Gasteiger partial charge in [-0.3, -0.25) is 9.78 Å². The molecule has 4 rings (SSSR count). The smallest absolute Gasteiger partial charge is 0.408 e. The Morgan fingerprint density at radius 2 is 1.51 bits per heavy atom. The molecule has 0 bridgehead atoms. The van der Waals surface area contributed by atoms with Crippen molar-refractivity contribution in [1.82, 2.24) is 15.6 Å². The van der Waals surface area contributed by atoms with E-state index >= 15 is 0 Å². The number of esters is 1. The number of carbonyl (C=O) groups is 3. The van der Waals surface area contributed by atoms with Crippen LogP contribution < -0.4 is 10.6 Å². The number of nitrogens with one attached hydrogen (secondary N) is 2. The van der Waals surface area contributed by atoms with Gasteiger partial charge < -0.3 is 20.1 Å². The molecule has 9 heteroatoms. The van der Waals surface area contributed by atoms with Gasteiger partial charge in [0.2, 0.25) is 0 Å². The minimum Gasteiger partial charge on any atom is -0.459 e. The molecule has 210 valence electrons. The van der Waals surface area contributed by atoms with Crippen molar-refractivity contribution in [2.75, 3.05) is 6.54 Å². The number of aromatic nitrogens is 1. The van der Waals surface area contributed by atoms with Gasteiger partial charge in [0, 0.05) is 23.9 Å². The quantitative estimate of drug-likeness (QED) is 0.246. The first-order valence-electron chi connectivity index (χ1n) is 13.1. The van der Waals surface area contributed by atoms with E-state index in [1.54, 1.807) is 36.5 Å². The number of amides is 2.